The molecule has 0 saturated heterocycles. The van der Waals surface area contributed by atoms with Gasteiger partial charge in [-0.25, -0.2) is 0 Å². The fraction of sp³-hybridized carbons (Fsp3) is 0.417. The van der Waals surface area contributed by atoms with Crippen molar-refractivity contribution in [3.63, 3.8) is 0 Å². The van der Waals surface area contributed by atoms with Crippen LogP contribution in [0.2, 0.25) is 0 Å². The molecular weight excluding hydrogens is 218 g/mol. The first kappa shape index (κ1) is 11.4. The number of hydrogen-bond donors (Lipinski definition) is 1. The fourth-order valence-corrected chi connectivity index (χ4v) is 2.55. The summed E-state index contributed by atoms with van der Waals surface area (Å²) < 4.78 is 1.85. The predicted octanol–water partition coefficient (Wildman–Crippen LogP) is 2.37. The van der Waals surface area contributed by atoms with Crippen molar-refractivity contribution >= 4 is 11.3 Å². The maximum absolute atomic E-state index is 4.20. The monoisotopic (exact) mass is 235 g/mol. The molecule has 1 unspecified atom stereocenters. The summed E-state index contributed by atoms with van der Waals surface area (Å²) in [6, 6.07) is 2.59. The molecule has 0 bridgehead atoms. The number of aromatic nitrogens is 2. The van der Waals surface area contributed by atoms with Gasteiger partial charge in [-0.3, -0.25) is 4.68 Å². The highest BCUT2D eigenvalue weighted by atomic mass is 32.1. The van der Waals surface area contributed by atoms with Gasteiger partial charge in [0.15, 0.2) is 0 Å². The molecule has 16 heavy (non-hydrogen) atoms. The molecule has 0 amide bonds. The molecule has 0 saturated carbocycles. The van der Waals surface area contributed by atoms with E-state index in [-0.39, 0.29) is 0 Å². The highest BCUT2D eigenvalue weighted by molar-refractivity contribution is 7.07. The maximum atomic E-state index is 4.20. The Morgan fingerprint density at radius 1 is 1.56 bits per heavy atom. The van der Waals surface area contributed by atoms with Crippen molar-refractivity contribution in [1.29, 1.82) is 0 Å². The predicted molar refractivity (Wildman–Crippen MR) is 67.6 cm³/mol. The number of aryl methyl sites for hydroxylation is 1. The first-order chi connectivity index (χ1) is 7.79. The Balaban J connectivity index is 2.09. The molecule has 2 rings (SSSR count). The lowest BCUT2D eigenvalue weighted by Crippen LogP contribution is -2.22. The normalized spacial score (nSPS) is 12.9. The second kappa shape index (κ2) is 5.27. The lowest BCUT2D eigenvalue weighted by Gasteiger charge is -2.15. The van der Waals surface area contributed by atoms with E-state index in [1.54, 1.807) is 11.3 Å². The Morgan fingerprint density at radius 3 is 3.00 bits per heavy atom. The van der Waals surface area contributed by atoms with Crippen molar-refractivity contribution in [3.8, 4) is 0 Å². The van der Waals surface area contributed by atoms with Gasteiger partial charge >= 0.3 is 0 Å². The van der Waals surface area contributed by atoms with Crippen molar-refractivity contribution in [3.05, 3.63) is 40.3 Å². The number of nitrogens with zero attached hydrogens (tertiary/aromatic N) is 2. The van der Waals surface area contributed by atoms with Crippen molar-refractivity contribution in [2.75, 3.05) is 6.54 Å². The molecule has 0 radical (unpaired) electrons. The average Bonchev–Trinajstić information content (AvgIpc) is 2.88. The molecule has 0 spiro atoms. The van der Waals surface area contributed by atoms with E-state index in [9.17, 15) is 0 Å². The SMILES string of the molecule is CCNC(Cc1cnn(C)c1)c1ccsc1. The van der Waals surface area contributed by atoms with Gasteiger partial charge in [-0.05, 0) is 40.9 Å². The number of likely N-dealkylation sites (N-methyl/N-ethyl adjacent to an activating group) is 1. The quantitative estimate of drug-likeness (QED) is 0.862. The molecule has 0 aliphatic carbocycles. The molecule has 2 aromatic heterocycles. The Morgan fingerprint density at radius 2 is 2.44 bits per heavy atom. The number of hydrogen-bond acceptors (Lipinski definition) is 3. The third-order valence-corrected chi connectivity index (χ3v) is 3.30. The molecule has 3 nitrogen and oxygen atoms in total. The van der Waals surface area contributed by atoms with Crippen molar-refractivity contribution in [1.82, 2.24) is 15.1 Å². The van der Waals surface area contributed by atoms with Gasteiger partial charge in [0.25, 0.3) is 0 Å². The van der Waals surface area contributed by atoms with Crippen LogP contribution >= 0.6 is 11.3 Å². The number of nitrogens with one attached hydrogen (secondary N) is 1. The van der Waals surface area contributed by atoms with E-state index < -0.39 is 0 Å². The van der Waals surface area contributed by atoms with Crippen LogP contribution in [0.1, 0.15) is 24.1 Å². The van der Waals surface area contributed by atoms with Crippen LogP contribution in [0.25, 0.3) is 0 Å². The third kappa shape index (κ3) is 2.71. The van der Waals surface area contributed by atoms with E-state index >= 15 is 0 Å². The molecular formula is C12H17N3S. The molecule has 0 aromatic carbocycles. The Labute approximate surface area is 100 Å². The number of rotatable bonds is 5. The Kier molecular flexibility index (Phi) is 3.74. The van der Waals surface area contributed by atoms with Crippen LogP contribution in [0.3, 0.4) is 0 Å². The third-order valence-electron chi connectivity index (χ3n) is 2.59. The summed E-state index contributed by atoms with van der Waals surface area (Å²) in [6.45, 7) is 3.13. The zero-order chi connectivity index (χ0) is 11.4. The lowest BCUT2D eigenvalue weighted by atomic mass is 10.0. The van der Waals surface area contributed by atoms with Crippen molar-refractivity contribution in [2.45, 2.75) is 19.4 Å². The summed E-state index contributed by atoms with van der Waals surface area (Å²) in [5.41, 5.74) is 2.65. The second-order valence-electron chi connectivity index (χ2n) is 3.89. The first-order valence-corrected chi connectivity index (χ1v) is 6.47. The van der Waals surface area contributed by atoms with E-state index in [2.05, 4.69) is 40.4 Å². The van der Waals surface area contributed by atoms with E-state index in [0.717, 1.165) is 13.0 Å². The maximum Gasteiger partial charge on any atom is 0.0522 e. The van der Waals surface area contributed by atoms with Gasteiger partial charge in [0.05, 0.1) is 6.20 Å². The van der Waals surface area contributed by atoms with Gasteiger partial charge in [0, 0.05) is 19.3 Å². The van der Waals surface area contributed by atoms with E-state index in [0.29, 0.717) is 6.04 Å². The molecule has 1 N–H and O–H groups in total. The van der Waals surface area contributed by atoms with Crippen LogP contribution in [-0.2, 0) is 13.5 Å². The number of thiophene rings is 1. The minimum Gasteiger partial charge on any atom is -0.310 e. The molecule has 2 aromatic rings. The molecule has 4 heteroatoms. The first-order valence-electron chi connectivity index (χ1n) is 5.52. The topological polar surface area (TPSA) is 29.9 Å². The fourth-order valence-electron chi connectivity index (χ4n) is 1.84. The smallest absolute Gasteiger partial charge is 0.0522 e. The molecule has 1 atom stereocenters. The Hall–Kier alpha value is -1.13. The van der Waals surface area contributed by atoms with E-state index in [4.69, 9.17) is 0 Å². The molecule has 0 aliphatic rings. The average molecular weight is 235 g/mol. The van der Waals surface area contributed by atoms with Crippen LogP contribution in [0, 0.1) is 0 Å². The summed E-state index contributed by atoms with van der Waals surface area (Å²) in [7, 11) is 1.95. The zero-order valence-electron chi connectivity index (χ0n) is 9.68. The standard InChI is InChI=1S/C12H17N3S/c1-3-13-12(11-4-5-16-9-11)6-10-7-14-15(2)8-10/h4-5,7-9,12-13H,3,6H2,1-2H3. The van der Waals surface area contributed by atoms with Gasteiger partial charge in [0.1, 0.15) is 0 Å². The summed E-state index contributed by atoms with van der Waals surface area (Å²) in [6.07, 6.45) is 5.02. The molecule has 86 valence electrons. The lowest BCUT2D eigenvalue weighted by molar-refractivity contribution is 0.551. The highest BCUT2D eigenvalue weighted by Crippen LogP contribution is 2.20. The van der Waals surface area contributed by atoms with Gasteiger partial charge in [-0.1, -0.05) is 6.92 Å². The van der Waals surface area contributed by atoms with E-state index in [1.165, 1.54) is 11.1 Å². The largest absolute Gasteiger partial charge is 0.310 e. The van der Waals surface area contributed by atoms with Gasteiger partial charge in [-0.2, -0.15) is 16.4 Å². The molecule has 2 heterocycles. The van der Waals surface area contributed by atoms with Crippen LogP contribution in [0.5, 0.6) is 0 Å². The summed E-state index contributed by atoms with van der Waals surface area (Å²) in [5, 5.41) is 12.1. The summed E-state index contributed by atoms with van der Waals surface area (Å²) in [5.74, 6) is 0. The van der Waals surface area contributed by atoms with Gasteiger partial charge in [0.2, 0.25) is 0 Å². The van der Waals surface area contributed by atoms with Crippen LogP contribution in [0.15, 0.2) is 29.2 Å². The van der Waals surface area contributed by atoms with Gasteiger partial charge in [-0.15, -0.1) is 0 Å². The van der Waals surface area contributed by atoms with Gasteiger partial charge < -0.3 is 5.32 Å². The minimum atomic E-state index is 0.403. The van der Waals surface area contributed by atoms with Crippen LogP contribution < -0.4 is 5.32 Å². The Bertz CT molecular complexity index is 419. The van der Waals surface area contributed by atoms with Crippen molar-refractivity contribution in [2.24, 2.45) is 7.05 Å². The highest BCUT2D eigenvalue weighted by Gasteiger charge is 2.12. The van der Waals surface area contributed by atoms with Crippen LogP contribution in [0.4, 0.5) is 0 Å². The van der Waals surface area contributed by atoms with Crippen LogP contribution in [-0.4, -0.2) is 16.3 Å². The summed E-state index contributed by atoms with van der Waals surface area (Å²) in [4.78, 5) is 0. The minimum absolute atomic E-state index is 0.403. The van der Waals surface area contributed by atoms with E-state index in [1.807, 2.05) is 17.9 Å². The summed E-state index contributed by atoms with van der Waals surface area (Å²) >= 11 is 1.75. The molecule has 0 aliphatic heterocycles. The second-order valence-corrected chi connectivity index (χ2v) is 4.67. The van der Waals surface area contributed by atoms with Crippen molar-refractivity contribution < 1.29 is 0 Å². The molecule has 0 fully saturated rings. The zero-order valence-corrected chi connectivity index (χ0v) is 10.5.